The van der Waals surface area contributed by atoms with Gasteiger partial charge >= 0.3 is 5.97 Å². The van der Waals surface area contributed by atoms with E-state index < -0.39 is 47.1 Å². The molecule has 200 valence electrons. The molecule has 38 heavy (non-hydrogen) atoms. The van der Waals surface area contributed by atoms with Crippen LogP contribution in [0.5, 0.6) is 11.5 Å². The van der Waals surface area contributed by atoms with Crippen LogP contribution >= 0.6 is 11.6 Å². The van der Waals surface area contributed by atoms with Crippen LogP contribution in [0.3, 0.4) is 0 Å². The average Bonchev–Trinajstić information content (AvgIpc) is 3.48. The van der Waals surface area contributed by atoms with Gasteiger partial charge in [-0.2, -0.15) is 0 Å². The fourth-order valence-corrected chi connectivity index (χ4v) is 6.23. The second kappa shape index (κ2) is 9.59. The lowest BCUT2D eigenvalue weighted by molar-refractivity contribution is -0.143. The van der Waals surface area contributed by atoms with Crippen LogP contribution in [0.15, 0.2) is 30.3 Å². The Morgan fingerprint density at radius 2 is 1.84 bits per heavy atom. The van der Waals surface area contributed by atoms with Crippen LogP contribution < -0.4 is 20.1 Å². The molecule has 1 spiro atoms. The molecule has 5 rings (SSSR count). The number of amides is 3. The second-order valence-electron chi connectivity index (χ2n) is 9.81. The Morgan fingerprint density at radius 1 is 1.11 bits per heavy atom. The van der Waals surface area contributed by atoms with Gasteiger partial charge in [0.15, 0.2) is 11.5 Å². The number of carbonyl (C=O) groups is 4. The predicted molar refractivity (Wildman–Crippen MR) is 137 cm³/mol. The third kappa shape index (κ3) is 3.82. The van der Waals surface area contributed by atoms with E-state index in [-0.39, 0.29) is 19.4 Å². The van der Waals surface area contributed by atoms with E-state index in [1.165, 1.54) is 19.1 Å². The molecule has 0 bridgehead atoms. The first kappa shape index (κ1) is 26.0. The molecule has 0 aromatic heterocycles. The molecular formula is C27H28ClN3O7. The number of carboxylic acids is 1. The maximum absolute atomic E-state index is 13.9. The van der Waals surface area contributed by atoms with E-state index >= 15 is 0 Å². The van der Waals surface area contributed by atoms with Crippen LogP contribution in [0.1, 0.15) is 29.5 Å². The highest BCUT2D eigenvalue weighted by molar-refractivity contribution is 6.32. The van der Waals surface area contributed by atoms with Gasteiger partial charge in [0.1, 0.15) is 5.54 Å². The SMILES string of the molecule is COc1ccc(CCN2C(=O)[C@H]3[C@@H](C2=O)[C@]2(N[C@@H]3CCC(=O)O)C(=O)Nc3c2ccc(Cl)c3C)cc1OC. The van der Waals surface area contributed by atoms with Crippen molar-refractivity contribution in [2.45, 2.75) is 37.8 Å². The molecule has 10 nitrogen and oxygen atoms in total. The topological polar surface area (TPSA) is 134 Å². The Bertz CT molecular complexity index is 1360. The van der Waals surface area contributed by atoms with Gasteiger partial charge in [-0.15, -0.1) is 0 Å². The molecule has 4 atom stereocenters. The van der Waals surface area contributed by atoms with Gasteiger partial charge in [0.25, 0.3) is 0 Å². The third-order valence-corrected chi connectivity index (χ3v) is 8.33. The lowest BCUT2D eigenvalue weighted by atomic mass is 9.76. The summed E-state index contributed by atoms with van der Waals surface area (Å²) < 4.78 is 10.6. The van der Waals surface area contributed by atoms with Gasteiger partial charge < -0.3 is 19.9 Å². The lowest BCUT2D eigenvalue weighted by Gasteiger charge is -2.29. The number of anilines is 1. The second-order valence-corrected chi connectivity index (χ2v) is 10.2. The van der Waals surface area contributed by atoms with Crippen molar-refractivity contribution in [1.82, 2.24) is 10.2 Å². The van der Waals surface area contributed by atoms with Crippen molar-refractivity contribution >= 4 is 41.0 Å². The van der Waals surface area contributed by atoms with Crippen molar-refractivity contribution in [1.29, 1.82) is 0 Å². The lowest BCUT2D eigenvalue weighted by Crippen LogP contribution is -2.53. The fourth-order valence-electron chi connectivity index (χ4n) is 6.07. The minimum Gasteiger partial charge on any atom is -0.493 e. The van der Waals surface area contributed by atoms with Gasteiger partial charge in [0, 0.05) is 29.6 Å². The number of rotatable bonds is 8. The van der Waals surface area contributed by atoms with E-state index in [0.717, 1.165) is 5.56 Å². The molecule has 3 N–H and O–H groups in total. The van der Waals surface area contributed by atoms with Gasteiger partial charge in [0.2, 0.25) is 17.7 Å². The number of hydrogen-bond acceptors (Lipinski definition) is 7. The van der Waals surface area contributed by atoms with Crippen molar-refractivity contribution in [3.8, 4) is 11.5 Å². The number of benzene rings is 2. The van der Waals surface area contributed by atoms with Crippen molar-refractivity contribution in [2.75, 3.05) is 26.1 Å². The van der Waals surface area contributed by atoms with E-state index in [2.05, 4.69) is 10.6 Å². The van der Waals surface area contributed by atoms with Crippen LogP contribution in [0.4, 0.5) is 5.69 Å². The van der Waals surface area contributed by atoms with Crippen LogP contribution in [0.25, 0.3) is 0 Å². The molecule has 3 aliphatic heterocycles. The zero-order valence-corrected chi connectivity index (χ0v) is 21.9. The molecule has 0 saturated carbocycles. The molecule has 2 fully saturated rings. The van der Waals surface area contributed by atoms with Crippen LogP contribution in [0.2, 0.25) is 5.02 Å². The Hall–Kier alpha value is -3.63. The predicted octanol–water partition coefficient (Wildman–Crippen LogP) is 2.49. The normalized spacial score (nSPS) is 25.5. The summed E-state index contributed by atoms with van der Waals surface area (Å²) in [7, 11) is 3.06. The number of imide groups is 1. The highest BCUT2D eigenvalue weighted by atomic mass is 35.5. The summed E-state index contributed by atoms with van der Waals surface area (Å²) in [4.78, 5) is 53.7. The zero-order chi connectivity index (χ0) is 27.4. The fraction of sp³-hybridized carbons (Fsp3) is 0.407. The van der Waals surface area contributed by atoms with Crippen LogP contribution in [-0.2, 0) is 31.1 Å². The zero-order valence-electron chi connectivity index (χ0n) is 21.2. The molecule has 3 aliphatic rings. The van der Waals surface area contributed by atoms with E-state index in [9.17, 15) is 24.3 Å². The first-order valence-electron chi connectivity index (χ1n) is 12.3. The largest absolute Gasteiger partial charge is 0.493 e. The number of halogens is 1. The third-order valence-electron chi connectivity index (χ3n) is 7.92. The number of ether oxygens (including phenoxy) is 2. The highest BCUT2D eigenvalue weighted by Gasteiger charge is 2.70. The van der Waals surface area contributed by atoms with Crippen LogP contribution in [-0.4, -0.2) is 60.5 Å². The molecule has 2 saturated heterocycles. The maximum Gasteiger partial charge on any atom is 0.303 e. The summed E-state index contributed by atoms with van der Waals surface area (Å²) in [6.07, 6.45) is 0.253. The summed E-state index contributed by atoms with van der Waals surface area (Å²) in [6.45, 7) is 1.88. The number of likely N-dealkylation sites (tertiary alicyclic amines) is 1. The number of methoxy groups -OCH3 is 2. The van der Waals surface area contributed by atoms with Crippen molar-refractivity contribution < 1.29 is 33.8 Å². The van der Waals surface area contributed by atoms with E-state index in [4.69, 9.17) is 21.1 Å². The number of carbonyl (C=O) groups excluding carboxylic acids is 3. The Morgan fingerprint density at radius 3 is 2.53 bits per heavy atom. The minimum atomic E-state index is -1.50. The van der Waals surface area contributed by atoms with Crippen molar-refractivity contribution in [3.05, 3.63) is 52.0 Å². The summed E-state index contributed by atoms with van der Waals surface area (Å²) in [5.74, 6) is -3.13. The first-order valence-corrected chi connectivity index (χ1v) is 12.7. The number of carboxylic acid groups (broad SMARTS) is 1. The Labute approximate surface area is 224 Å². The molecule has 0 aliphatic carbocycles. The summed E-state index contributed by atoms with van der Waals surface area (Å²) in [5.41, 5.74) is 1.05. The van der Waals surface area contributed by atoms with Crippen molar-refractivity contribution in [2.24, 2.45) is 11.8 Å². The number of nitrogens with one attached hydrogen (secondary N) is 2. The summed E-state index contributed by atoms with van der Waals surface area (Å²) >= 11 is 6.29. The monoisotopic (exact) mass is 541 g/mol. The minimum absolute atomic E-state index is 0.0932. The standard InChI is InChI=1S/C27H28ClN3O7/c1-13-16(28)6-5-15-23(13)29-26(36)27(15)22-21(17(30-27)7-9-20(32)33)24(34)31(25(22)35)11-10-14-4-8-18(37-2)19(12-14)38-3/h4-6,8,12,17,21-22,30H,7,9-11H2,1-3H3,(H,29,36)(H,32,33)/t17-,21-,22+,27+/m1/s1. The molecule has 3 amide bonds. The highest BCUT2D eigenvalue weighted by Crippen LogP contribution is 2.54. The molecule has 3 heterocycles. The number of nitrogens with zero attached hydrogens (tertiary/aromatic N) is 1. The number of fused-ring (bicyclic) bond motifs is 4. The van der Waals surface area contributed by atoms with Gasteiger partial charge in [-0.25, -0.2) is 0 Å². The quantitative estimate of drug-likeness (QED) is 0.434. The van der Waals surface area contributed by atoms with Gasteiger partial charge in [-0.05, 0) is 49.1 Å². The Kier molecular flexibility index (Phi) is 6.56. The molecular weight excluding hydrogens is 514 g/mol. The molecule has 2 aromatic rings. The van der Waals surface area contributed by atoms with E-state index in [1.54, 1.807) is 31.2 Å². The summed E-state index contributed by atoms with van der Waals surface area (Å²) in [5, 5.41) is 15.9. The summed E-state index contributed by atoms with van der Waals surface area (Å²) in [6, 6.07) is 8.05. The molecule has 0 radical (unpaired) electrons. The number of hydrogen-bond donors (Lipinski definition) is 3. The smallest absolute Gasteiger partial charge is 0.303 e. The number of aliphatic carboxylic acids is 1. The van der Waals surface area contributed by atoms with Crippen LogP contribution in [0, 0.1) is 18.8 Å². The maximum atomic E-state index is 13.9. The molecule has 11 heteroatoms. The van der Waals surface area contributed by atoms with Gasteiger partial charge in [-0.3, -0.25) is 29.4 Å². The first-order chi connectivity index (χ1) is 18.1. The molecule has 2 aromatic carbocycles. The average molecular weight is 542 g/mol. The molecule has 0 unspecified atom stereocenters. The van der Waals surface area contributed by atoms with Crippen molar-refractivity contribution in [3.63, 3.8) is 0 Å². The van der Waals surface area contributed by atoms with E-state index in [1.807, 2.05) is 6.07 Å². The van der Waals surface area contributed by atoms with Gasteiger partial charge in [0.05, 0.1) is 31.7 Å². The Balaban J connectivity index is 1.50. The van der Waals surface area contributed by atoms with Gasteiger partial charge in [-0.1, -0.05) is 23.7 Å². The van der Waals surface area contributed by atoms with E-state index in [0.29, 0.717) is 39.8 Å².